The van der Waals surface area contributed by atoms with Gasteiger partial charge in [0.05, 0.1) is 20.3 Å². The van der Waals surface area contributed by atoms with E-state index in [2.05, 4.69) is 26.6 Å². The number of nitrogens with two attached hydrogens (primary N) is 1. The molecular weight excluding hydrogens is 692 g/mol. The number of carbonyl (C=O) groups excluding carboxylic acids is 6. The van der Waals surface area contributed by atoms with E-state index in [1.165, 1.54) is 25.3 Å². The Morgan fingerprint density at radius 1 is 0.830 bits per heavy atom. The summed E-state index contributed by atoms with van der Waals surface area (Å²) in [5.41, 5.74) is 5.62. The van der Waals surface area contributed by atoms with Gasteiger partial charge in [-0.25, -0.2) is 19.2 Å². The molecule has 2 aromatic carbocycles. The van der Waals surface area contributed by atoms with Crippen LogP contribution in [-0.2, 0) is 35.1 Å². The second-order valence-corrected chi connectivity index (χ2v) is 13.0. The molecule has 17 nitrogen and oxygen atoms in total. The van der Waals surface area contributed by atoms with Crippen LogP contribution in [0.2, 0.25) is 0 Å². The Balaban J connectivity index is 2.09. The van der Waals surface area contributed by atoms with E-state index in [0.717, 1.165) is 5.56 Å². The third-order valence-electron chi connectivity index (χ3n) is 7.09. The Bertz CT molecular complexity index is 1520. The number of rotatable bonds is 20. The first-order valence-electron chi connectivity index (χ1n) is 17.1. The average molecular weight is 745 g/mol. The standard InChI is InChI=1S/C36H52N6O11/c1-23(2)29(42-35(48)52-22-24-11-8-7-9-12-24)31(44)41-27(13-10-16-38-33(37)46)30(43)40-25-14-15-26(32(45)49-6)28(21-25)51-20-19-50-18-17-39-34(47)53-36(3,4)5/h7-9,11-12,14-15,21,23,27,29H,10,13,16-20,22H2,1-6H3,(H,39,47)(H,40,43)(H,41,44)(H,42,48)(H3,37,38,46)/t27-,29-/m0/s1. The highest BCUT2D eigenvalue weighted by atomic mass is 16.6. The Hall–Kier alpha value is -5.58. The predicted molar refractivity (Wildman–Crippen MR) is 194 cm³/mol. The highest BCUT2D eigenvalue weighted by Crippen LogP contribution is 2.25. The maximum atomic E-state index is 13.6. The molecule has 53 heavy (non-hydrogen) atoms. The van der Waals surface area contributed by atoms with E-state index in [9.17, 15) is 28.8 Å². The van der Waals surface area contributed by atoms with Crippen LogP contribution in [0.3, 0.4) is 0 Å². The first kappa shape index (κ1) is 43.6. The van der Waals surface area contributed by atoms with Crippen molar-refractivity contribution in [2.45, 2.75) is 71.8 Å². The minimum atomic E-state index is -1.12. The first-order valence-corrected chi connectivity index (χ1v) is 17.1. The summed E-state index contributed by atoms with van der Waals surface area (Å²) in [6, 6.07) is 10.4. The van der Waals surface area contributed by atoms with Crippen LogP contribution in [-0.4, -0.2) is 93.7 Å². The SMILES string of the molecule is COC(=O)c1ccc(NC(=O)[C@H](CCCNC(N)=O)NC(=O)[C@@H](NC(=O)OCc2ccccc2)C(C)C)cc1OCCOCCNC(=O)OC(C)(C)C. The van der Waals surface area contributed by atoms with Gasteiger partial charge in [0.15, 0.2) is 0 Å². The summed E-state index contributed by atoms with van der Waals surface area (Å²) in [7, 11) is 1.21. The number of anilines is 1. The van der Waals surface area contributed by atoms with Crippen LogP contribution in [0.15, 0.2) is 48.5 Å². The zero-order valence-corrected chi connectivity index (χ0v) is 31.1. The number of alkyl carbamates (subject to hydrolysis) is 2. The topological polar surface area (TPSA) is 235 Å². The Morgan fingerprint density at radius 3 is 2.19 bits per heavy atom. The van der Waals surface area contributed by atoms with Crippen LogP contribution < -0.4 is 37.1 Å². The third-order valence-corrected chi connectivity index (χ3v) is 7.09. The number of urea groups is 1. The molecule has 2 rings (SSSR count). The van der Waals surface area contributed by atoms with Crippen molar-refractivity contribution >= 4 is 41.7 Å². The van der Waals surface area contributed by atoms with E-state index < -0.39 is 53.7 Å². The van der Waals surface area contributed by atoms with Crippen molar-refractivity contribution in [1.82, 2.24) is 21.3 Å². The molecule has 6 amide bonds. The normalized spacial score (nSPS) is 12.1. The van der Waals surface area contributed by atoms with Gasteiger partial charge in [-0.3, -0.25) is 9.59 Å². The van der Waals surface area contributed by atoms with E-state index in [0.29, 0.717) is 0 Å². The molecule has 0 heterocycles. The van der Waals surface area contributed by atoms with E-state index in [1.54, 1.807) is 58.9 Å². The van der Waals surface area contributed by atoms with Gasteiger partial charge < -0.3 is 56.0 Å². The molecule has 0 bridgehead atoms. The molecule has 2 atom stereocenters. The summed E-state index contributed by atoms with van der Waals surface area (Å²) in [4.78, 5) is 75.0. The van der Waals surface area contributed by atoms with Gasteiger partial charge in [0, 0.05) is 24.8 Å². The van der Waals surface area contributed by atoms with Crippen molar-refractivity contribution in [2.24, 2.45) is 11.7 Å². The maximum Gasteiger partial charge on any atom is 0.408 e. The van der Waals surface area contributed by atoms with E-state index >= 15 is 0 Å². The molecule has 17 heteroatoms. The van der Waals surface area contributed by atoms with E-state index in [1.807, 2.05) is 6.07 Å². The summed E-state index contributed by atoms with van der Waals surface area (Å²) < 4.78 is 26.6. The van der Waals surface area contributed by atoms with Crippen LogP contribution in [0.5, 0.6) is 5.75 Å². The fourth-order valence-corrected chi connectivity index (χ4v) is 4.55. The number of hydrogen-bond acceptors (Lipinski definition) is 11. The number of hydrogen-bond donors (Lipinski definition) is 6. The van der Waals surface area contributed by atoms with Crippen LogP contribution in [0.25, 0.3) is 0 Å². The molecule has 0 unspecified atom stereocenters. The van der Waals surface area contributed by atoms with Gasteiger partial charge in [0.2, 0.25) is 11.8 Å². The van der Waals surface area contributed by atoms with Gasteiger partial charge in [-0.05, 0) is 57.2 Å². The maximum absolute atomic E-state index is 13.6. The smallest absolute Gasteiger partial charge is 0.408 e. The molecule has 2 aromatic rings. The summed E-state index contributed by atoms with van der Waals surface area (Å²) >= 11 is 0. The Labute approximate surface area is 309 Å². The fraction of sp³-hybridized carbons (Fsp3) is 0.500. The first-order chi connectivity index (χ1) is 25.1. The third kappa shape index (κ3) is 17.5. The number of esters is 1. The summed E-state index contributed by atoms with van der Waals surface area (Å²) in [5.74, 6) is -2.22. The van der Waals surface area contributed by atoms with Crippen LogP contribution in [0, 0.1) is 5.92 Å². The van der Waals surface area contributed by atoms with Crippen LogP contribution >= 0.6 is 0 Å². The number of carbonyl (C=O) groups is 6. The monoisotopic (exact) mass is 744 g/mol. The number of methoxy groups -OCH3 is 1. The fourth-order valence-electron chi connectivity index (χ4n) is 4.55. The van der Waals surface area contributed by atoms with Crippen molar-refractivity contribution in [3.8, 4) is 5.75 Å². The summed E-state index contributed by atoms with van der Waals surface area (Å²) in [6.45, 7) is 9.33. The van der Waals surface area contributed by atoms with Crippen LogP contribution in [0.4, 0.5) is 20.1 Å². The van der Waals surface area contributed by atoms with Crippen molar-refractivity contribution < 1.29 is 52.5 Å². The number of nitrogens with one attached hydrogen (secondary N) is 5. The number of ether oxygens (including phenoxy) is 5. The zero-order valence-electron chi connectivity index (χ0n) is 31.1. The second-order valence-electron chi connectivity index (χ2n) is 13.0. The van der Waals surface area contributed by atoms with Gasteiger partial charge >= 0.3 is 24.2 Å². The van der Waals surface area contributed by atoms with Gasteiger partial charge in [0.1, 0.15) is 42.2 Å². The van der Waals surface area contributed by atoms with Crippen LogP contribution in [0.1, 0.15) is 63.4 Å². The van der Waals surface area contributed by atoms with Crippen molar-refractivity contribution in [1.29, 1.82) is 0 Å². The molecule has 0 aliphatic rings. The average Bonchev–Trinajstić information content (AvgIpc) is 3.09. The Kier molecular flexibility index (Phi) is 18.4. The minimum Gasteiger partial charge on any atom is -0.490 e. The molecule has 0 aliphatic heterocycles. The van der Waals surface area contributed by atoms with Gasteiger partial charge in [-0.15, -0.1) is 0 Å². The van der Waals surface area contributed by atoms with E-state index in [-0.39, 0.29) is 75.3 Å². The van der Waals surface area contributed by atoms with Gasteiger partial charge in [-0.2, -0.15) is 0 Å². The lowest BCUT2D eigenvalue weighted by atomic mass is 10.0. The molecule has 0 saturated heterocycles. The molecule has 0 aromatic heterocycles. The highest BCUT2D eigenvalue weighted by molar-refractivity contribution is 5.99. The van der Waals surface area contributed by atoms with Crippen molar-refractivity contribution in [3.63, 3.8) is 0 Å². The number of amides is 6. The van der Waals surface area contributed by atoms with Crippen molar-refractivity contribution in [2.75, 3.05) is 45.3 Å². The van der Waals surface area contributed by atoms with Crippen molar-refractivity contribution in [3.05, 3.63) is 59.7 Å². The molecule has 0 radical (unpaired) electrons. The predicted octanol–water partition coefficient (Wildman–Crippen LogP) is 3.22. The number of benzene rings is 2. The lowest BCUT2D eigenvalue weighted by molar-refractivity contribution is -0.128. The molecule has 0 saturated carbocycles. The van der Waals surface area contributed by atoms with E-state index in [4.69, 9.17) is 29.4 Å². The minimum absolute atomic E-state index is 0.00216. The number of primary amides is 1. The second kappa shape index (κ2) is 22.4. The Morgan fingerprint density at radius 2 is 1.55 bits per heavy atom. The highest BCUT2D eigenvalue weighted by Gasteiger charge is 2.29. The molecule has 0 spiro atoms. The molecule has 292 valence electrons. The summed E-state index contributed by atoms with van der Waals surface area (Å²) in [6.07, 6.45) is -1.03. The zero-order chi connectivity index (χ0) is 39.4. The molecule has 0 aliphatic carbocycles. The molecule has 0 fully saturated rings. The van der Waals surface area contributed by atoms with Gasteiger partial charge in [0.25, 0.3) is 0 Å². The van der Waals surface area contributed by atoms with Gasteiger partial charge in [-0.1, -0.05) is 44.2 Å². The lowest BCUT2D eigenvalue weighted by Crippen LogP contribution is -2.54. The molecule has 7 N–H and O–H groups in total. The lowest BCUT2D eigenvalue weighted by Gasteiger charge is -2.25. The molecular formula is C36H52N6O11. The summed E-state index contributed by atoms with van der Waals surface area (Å²) in [5, 5.41) is 13.0. The quantitative estimate of drug-likeness (QED) is 0.0654. The largest absolute Gasteiger partial charge is 0.490 e.